The van der Waals surface area contributed by atoms with E-state index in [0.717, 1.165) is 0 Å². The van der Waals surface area contributed by atoms with E-state index >= 15 is 0 Å². The Morgan fingerprint density at radius 3 is 0.869 bits per heavy atom. The molecule has 0 fully saturated rings. The number of hydrogen-bond acceptors (Lipinski definition) is 10. The molecule has 1 unspecified atom stereocenters. The summed E-state index contributed by atoms with van der Waals surface area (Å²) in [7, 11) is -2.23. The molecule has 3 aromatic carbocycles. The smallest absolute Gasteiger partial charge is 0.141 e. The summed E-state index contributed by atoms with van der Waals surface area (Å²) < 4.78 is 0. The summed E-state index contributed by atoms with van der Waals surface area (Å²) in [5.41, 5.74) is 2.58. The summed E-state index contributed by atoms with van der Waals surface area (Å²) >= 11 is 19.2. The van der Waals surface area contributed by atoms with Gasteiger partial charge < -0.3 is 0 Å². The van der Waals surface area contributed by atoms with Gasteiger partial charge in [0.25, 0.3) is 0 Å². The average molecular weight is 1290 g/mol. The van der Waals surface area contributed by atoms with E-state index in [-0.39, 0.29) is 0 Å². The lowest BCUT2D eigenvalue weighted by Gasteiger charge is -2.30. The topological polar surface area (TPSA) is 0 Å². The molecule has 0 aliphatic carbocycles. The fourth-order valence-electron chi connectivity index (χ4n) is 10.7. The number of hydrogen-bond donors (Lipinski definition) is 0. The van der Waals surface area contributed by atoms with Gasteiger partial charge in [0.1, 0.15) is 8.07 Å². The van der Waals surface area contributed by atoms with Crippen molar-refractivity contribution in [2.75, 3.05) is 0 Å². The molecule has 0 bridgehead atoms. The summed E-state index contributed by atoms with van der Waals surface area (Å²) in [6.45, 7) is 11.4. The monoisotopic (exact) mass is 1290 g/mol. The third-order valence-electron chi connectivity index (χ3n) is 15.5. The zero-order valence-corrected chi connectivity index (χ0v) is 57.4. The SMILES string of the molecule is CCCCCCc1ccc(-c2ccc(-c3ccc(-c4ccc(-c5ccc(-c6ccc([Si](C)(c7ccccc7)c7ccc(-c8ccc(C)s8)cc7)cc6)s5)s4)s3)s2)s1.CCCCCCc1ccc(-c2ccc(-c3ccc(-c4ccc(C)s4)s3)s2)s1. The van der Waals surface area contributed by atoms with Crippen LogP contribution in [0.2, 0.25) is 6.55 Å². The van der Waals surface area contributed by atoms with Crippen LogP contribution in [0.5, 0.6) is 0 Å². The number of rotatable bonds is 22. The van der Waals surface area contributed by atoms with Gasteiger partial charge in [-0.1, -0.05) is 138 Å². The molecule has 0 saturated heterocycles. The quantitative estimate of drug-likeness (QED) is 0.0360. The van der Waals surface area contributed by atoms with Crippen molar-refractivity contribution in [3.63, 3.8) is 0 Å². The van der Waals surface area contributed by atoms with E-state index in [2.05, 4.69) is 234 Å². The summed E-state index contributed by atoms with van der Waals surface area (Å²) in [6.07, 6.45) is 13.1. The van der Waals surface area contributed by atoms with E-state index in [1.165, 1.54) is 188 Å². The van der Waals surface area contributed by atoms with Gasteiger partial charge in [0, 0.05) is 97.5 Å². The third-order valence-corrected chi connectivity index (χ3v) is 32.3. The Hall–Kier alpha value is -5.12. The summed E-state index contributed by atoms with van der Waals surface area (Å²) in [4.78, 5) is 27.6. The molecule has 424 valence electrons. The lowest BCUT2D eigenvalue weighted by molar-refractivity contribution is 0.670. The van der Waals surface area contributed by atoms with Crippen molar-refractivity contribution in [3.8, 4) is 89.2 Å². The van der Waals surface area contributed by atoms with Crippen molar-refractivity contribution in [1.82, 2.24) is 0 Å². The predicted molar refractivity (Wildman–Crippen MR) is 389 cm³/mol. The number of thiophene rings is 10. The molecular weight excluding hydrogens is 1230 g/mol. The second-order valence-electron chi connectivity index (χ2n) is 21.6. The van der Waals surface area contributed by atoms with Crippen LogP contribution >= 0.6 is 113 Å². The molecule has 0 N–H and O–H groups in total. The zero-order valence-electron chi connectivity index (χ0n) is 48.2. The molecule has 11 heteroatoms. The predicted octanol–water partition coefficient (Wildman–Crippen LogP) is 25.0. The Labute approximate surface area is 538 Å². The molecule has 13 aromatic rings. The maximum Gasteiger partial charge on any atom is 0.145 e. The van der Waals surface area contributed by atoms with Crippen molar-refractivity contribution in [1.29, 1.82) is 0 Å². The maximum absolute atomic E-state index is 2.50. The summed E-state index contributed by atoms with van der Waals surface area (Å²) in [5, 5.41) is 4.30. The van der Waals surface area contributed by atoms with E-state index in [4.69, 9.17) is 0 Å². The highest BCUT2D eigenvalue weighted by atomic mass is 32.1. The molecule has 0 nitrogen and oxygen atoms in total. The van der Waals surface area contributed by atoms with E-state index < -0.39 is 8.07 Å². The maximum atomic E-state index is 2.50. The fraction of sp³-hybridized carbons (Fsp3) is 0.205. The van der Waals surface area contributed by atoms with Crippen LogP contribution in [0, 0.1) is 13.8 Å². The molecule has 0 saturated carbocycles. The normalized spacial score (nSPS) is 12.2. The lowest BCUT2D eigenvalue weighted by Crippen LogP contribution is -2.64. The van der Waals surface area contributed by atoms with E-state index in [1.807, 2.05) is 113 Å². The first-order chi connectivity index (χ1) is 41.2. The fourth-order valence-corrected chi connectivity index (χ4v) is 24.8. The number of unbranched alkanes of at least 4 members (excludes halogenated alkanes) is 6. The Bertz CT molecular complexity index is 4170. The first kappa shape index (κ1) is 59.2. The highest BCUT2D eigenvalue weighted by molar-refractivity contribution is 7.30. The first-order valence-electron chi connectivity index (χ1n) is 29.4. The number of aryl methyl sites for hydroxylation is 4. The van der Waals surface area contributed by atoms with Crippen molar-refractivity contribution >= 4 is 137 Å². The highest BCUT2D eigenvalue weighted by Gasteiger charge is 2.34. The van der Waals surface area contributed by atoms with Gasteiger partial charge in [-0.3, -0.25) is 0 Å². The Morgan fingerprint density at radius 1 is 0.250 bits per heavy atom. The van der Waals surface area contributed by atoms with Crippen LogP contribution in [-0.4, -0.2) is 8.07 Å². The van der Waals surface area contributed by atoms with E-state index in [9.17, 15) is 0 Å². The van der Waals surface area contributed by atoms with Crippen LogP contribution in [0.25, 0.3) is 89.2 Å². The van der Waals surface area contributed by atoms with Gasteiger partial charge in [-0.05, 0) is 188 Å². The Balaban J connectivity index is 0.000000214. The lowest BCUT2D eigenvalue weighted by atomic mass is 10.1. The zero-order chi connectivity index (χ0) is 57.4. The van der Waals surface area contributed by atoms with E-state index in [1.54, 1.807) is 0 Å². The van der Waals surface area contributed by atoms with Crippen LogP contribution in [0.4, 0.5) is 0 Å². The standard InChI is InChI=1S/C50H44S6Si.C23H24S4/c1-4-5-6-8-11-37-19-25-43(52-37)44-28-29-47(54-44)48-32-33-50(56-48)49-31-30-46(55-49)45-27-26-42(53-45)36-17-22-40(23-18-36)57(3,38-12-9-7-10-13-38)39-20-15-35(16-21-39)41-24-14-34(2)51-41;1-3-4-5-6-7-17-9-11-19(25-17)21-13-15-23(27-21)22-14-12-20(26-22)18-10-8-16(2)24-18/h7,9-10,12-33H,4-6,8,11H2,1-3H3;8-15H,3-7H2,1-2H3. The largest absolute Gasteiger partial charge is 0.145 e. The summed E-state index contributed by atoms with van der Waals surface area (Å²) in [6, 6.07) is 75.8. The van der Waals surface area contributed by atoms with Gasteiger partial charge >= 0.3 is 0 Å². The van der Waals surface area contributed by atoms with Gasteiger partial charge in [0.05, 0.1) is 0 Å². The van der Waals surface area contributed by atoms with Crippen LogP contribution in [0.1, 0.15) is 84.7 Å². The van der Waals surface area contributed by atoms with Crippen molar-refractivity contribution < 1.29 is 0 Å². The van der Waals surface area contributed by atoms with Gasteiger partial charge in [0.2, 0.25) is 0 Å². The molecule has 84 heavy (non-hydrogen) atoms. The molecule has 10 aromatic heterocycles. The van der Waals surface area contributed by atoms with Gasteiger partial charge in [0.15, 0.2) is 0 Å². The van der Waals surface area contributed by atoms with Crippen molar-refractivity contribution in [2.45, 2.75) is 98.5 Å². The average Bonchev–Trinajstić information content (AvgIpc) is 4.29. The molecular formula is C73H68S10Si. The minimum atomic E-state index is -2.23. The minimum Gasteiger partial charge on any atom is -0.141 e. The van der Waals surface area contributed by atoms with Crippen molar-refractivity contribution in [3.05, 3.63) is 220 Å². The Kier molecular flexibility index (Phi) is 19.5. The molecule has 0 spiro atoms. The summed E-state index contributed by atoms with van der Waals surface area (Å²) in [5.74, 6) is 0. The van der Waals surface area contributed by atoms with Gasteiger partial charge in [-0.2, -0.15) is 0 Å². The molecule has 0 amide bonds. The highest BCUT2D eigenvalue weighted by Crippen LogP contribution is 2.47. The minimum absolute atomic E-state index is 1.21. The number of benzene rings is 3. The molecule has 0 aliphatic heterocycles. The Morgan fingerprint density at radius 2 is 0.524 bits per heavy atom. The third kappa shape index (κ3) is 13.8. The first-order valence-corrected chi connectivity index (χ1v) is 40.0. The van der Waals surface area contributed by atoms with Crippen molar-refractivity contribution in [2.24, 2.45) is 0 Å². The molecule has 0 aliphatic rings. The molecule has 1 atom stereocenters. The van der Waals surface area contributed by atoms with Crippen LogP contribution < -0.4 is 15.6 Å². The molecule has 0 radical (unpaired) electrons. The van der Waals surface area contributed by atoms with Gasteiger partial charge in [-0.15, -0.1) is 113 Å². The molecule has 13 rings (SSSR count). The second kappa shape index (κ2) is 27.7. The van der Waals surface area contributed by atoms with Crippen LogP contribution in [-0.2, 0) is 12.8 Å². The van der Waals surface area contributed by atoms with Gasteiger partial charge in [-0.25, -0.2) is 0 Å². The van der Waals surface area contributed by atoms with Crippen LogP contribution in [0.3, 0.4) is 0 Å². The van der Waals surface area contributed by atoms with E-state index in [0.29, 0.717) is 0 Å². The molecule has 10 heterocycles. The van der Waals surface area contributed by atoms with Crippen LogP contribution in [0.15, 0.2) is 200 Å². The second-order valence-corrected chi connectivity index (χ2v) is 37.0.